The smallest absolute Gasteiger partial charge is 0.311 e. The summed E-state index contributed by atoms with van der Waals surface area (Å²) in [7, 11) is 0. The molecule has 0 saturated heterocycles. The Balaban J connectivity index is 2.94. The number of aromatic nitrogens is 1. The van der Waals surface area contributed by atoms with E-state index >= 15 is 0 Å². The van der Waals surface area contributed by atoms with Crippen molar-refractivity contribution in [1.29, 1.82) is 0 Å². The van der Waals surface area contributed by atoms with Crippen molar-refractivity contribution in [3.8, 4) is 0 Å². The highest BCUT2D eigenvalue weighted by molar-refractivity contribution is 14.1. The minimum atomic E-state index is -2.56. The Bertz CT molecular complexity index is 404. The molecule has 94 valence electrons. The molecule has 0 spiro atoms. The highest BCUT2D eigenvalue weighted by Gasteiger charge is 2.18. The Morgan fingerprint density at radius 1 is 1.53 bits per heavy atom. The lowest BCUT2D eigenvalue weighted by Gasteiger charge is -2.08. The van der Waals surface area contributed by atoms with E-state index in [0.29, 0.717) is 15.9 Å². The molecular weight excluding hydrogens is 458 g/mol. The van der Waals surface area contributed by atoms with Crippen LogP contribution in [0, 0.1) is 7.27 Å². The van der Waals surface area contributed by atoms with Crippen LogP contribution in [0.1, 0.15) is 24.6 Å². The molecule has 0 amide bonds. The number of ether oxygens (including phenoxy) is 1. The monoisotopic (exact) mass is 467 g/mol. The summed E-state index contributed by atoms with van der Waals surface area (Å²) in [5.74, 6) is -0.406. The zero-order valence-corrected chi connectivity index (χ0v) is 13.2. The molecule has 0 atom stereocenters. The fraction of sp³-hybridized carbons (Fsp3) is 0.400. The van der Waals surface area contributed by atoms with E-state index in [9.17, 15) is 13.6 Å². The molecular formula is C10H9F2I2NO2. The molecule has 17 heavy (non-hydrogen) atoms. The van der Waals surface area contributed by atoms with Gasteiger partial charge in [-0.2, -0.15) is 0 Å². The normalized spacial score (nSPS) is 10.7. The SMILES string of the molecule is CCOC(=O)Cc1cc(I)c(C(F)F)c(I)n1. The van der Waals surface area contributed by atoms with Crippen molar-refractivity contribution in [1.82, 2.24) is 4.98 Å². The van der Waals surface area contributed by atoms with Crippen LogP contribution in [0.3, 0.4) is 0 Å². The second-order valence-electron chi connectivity index (χ2n) is 3.08. The number of hydrogen-bond acceptors (Lipinski definition) is 3. The third-order valence-electron chi connectivity index (χ3n) is 1.86. The van der Waals surface area contributed by atoms with Gasteiger partial charge in [0.2, 0.25) is 0 Å². The topological polar surface area (TPSA) is 39.2 Å². The standard InChI is InChI=1S/C10H9F2I2NO2/c1-2-17-7(16)4-5-3-6(13)8(9(11)12)10(14)15-5/h3,9H,2,4H2,1H3. The van der Waals surface area contributed by atoms with E-state index in [2.05, 4.69) is 4.98 Å². The highest BCUT2D eigenvalue weighted by Crippen LogP contribution is 2.28. The number of hydrogen-bond donors (Lipinski definition) is 0. The molecule has 0 aromatic carbocycles. The van der Waals surface area contributed by atoms with Crippen LogP contribution in [-0.4, -0.2) is 17.6 Å². The van der Waals surface area contributed by atoms with Crippen molar-refractivity contribution in [2.75, 3.05) is 6.61 Å². The van der Waals surface area contributed by atoms with E-state index in [1.807, 2.05) is 22.6 Å². The summed E-state index contributed by atoms with van der Waals surface area (Å²) in [6.07, 6.45) is -2.55. The zero-order chi connectivity index (χ0) is 13.0. The third kappa shape index (κ3) is 4.27. The first-order valence-electron chi connectivity index (χ1n) is 4.74. The quantitative estimate of drug-likeness (QED) is 0.388. The van der Waals surface area contributed by atoms with Gasteiger partial charge in [0.1, 0.15) is 3.70 Å². The van der Waals surface area contributed by atoms with E-state index in [-0.39, 0.29) is 15.7 Å². The predicted octanol–water partition coefficient (Wildman–Crippen LogP) is 3.33. The maximum absolute atomic E-state index is 12.7. The van der Waals surface area contributed by atoms with Gasteiger partial charge in [-0.3, -0.25) is 4.79 Å². The molecule has 1 heterocycles. The van der Waals surface area contributed by atoms with Gasteiger partial charge in [-0.1, -0.05) is 0 Å². The maximum atomic E-state index is 12.7. The molecule has 0 unspecified atom stereocenters. The highest BCUT2D eigenvalue weighted by atomic mass is 127. The third-order valence-corrected chi connectivity index (χ3v) is 3.58. The van der Waals surface area contributed by atoms with Gasteiger partial charge < -0.3 is 4.74 Å². The van der Waals surface area contributed by atoms with Crippen LogP contribution >= 0.6 is 45.2 Å². The van der Waals surface area contributed by atoms with E-state index < -0.39 is 12.4 Å². The molecule has 7 heteroatoms. The molecule has 3 nitrogen and oxygen atoms in total. The largest absolute Gasteiger partial charge is 0.466 e. The average molecular weight is 467 g/mol. The number of carbonyl (C=O) groups excluding carboxylic acids is 1. The second kappa shape index (κ2) is 6.76. The van der Waals surface area contributed by atoms with Crippen molar-refractivity contribution < 1.29 is 18.3 Å². The second-order valence-corrected chi connectivity index (χ2v) is 5.27. The average Bonchev–Trinajstić information content (AvgIpc) is 2.15. The van der Waals surface area contributed by atoms with Crippen LogP contribution in [0.5, 0.6) is 0 Å². The van der Waals surface area contributed by atoms with Crippen molar-refractivity contribution in [2.45, 2.75) is 19.8 Å². The number of rotatable bonds is 4. The molecule has 0 aliphatic carbocycles. The van der Waals surface area contributed by atoms with Gasteiger partial charge in [0.05, 0.1) is 24.3 Å². The molecule has 0 bridgehead atoms. The first-order chi connectivity index (χ1) is 7.95. The van der Waals surface area contributed by atoms with Crippen molar-refractivity contribution in [2.24, 2.45) is 0 Å². The number of pyridine rings is 1. The van der Waals surface area contributed by atoms with Crippen molar-refractivity contribution >= 4 is 51.2 Å². The minimum Gasteiger partial charge on any atom is -0.466 e. The van der Waals surface area contributed by atoms with E-state index in [1.54, 1.807) is 29.5 Å². The lowest BCUT2D eigenvalue weighted by atomic mass is 10.2. The Kier molecular flexibility index (Phi) is 5.97. The fourth-order valence-electron chi connectivity index (χ4n) is 1.19. The molecule has 1 aromatic heterocycles. The van der Waals surface area contributed by atoms with Gasteiger partial charge in [-0.05, 0) is 58.2 Å². The lowest BCUT2D eigenvalue weighted by molar-refractivity contribution is -0.142. The van der Waals surface area contributed by atoms with Crippen LogP contribution in [0.2, 0.25) is 0 Å². The maximum Gasteiger partial charge on any atom is 0.311 e. The summed E-state index contributed by atoms with van der Waals surface area (Å²) >= 11 is 3.57. The summed E-state index contributed by atoms with van der Waals surface area (Å²) in [6.45, 7) is 2.00. The zero-order valence-electron chi connectivity index (χ0n) is 8.84. The lowest BCUT2D eigenvalue weighted by Crippen LogP contribution is -2.10. The van der Waals surface area contributed by atoms with Crippen LogP contribution in [0.15, 0.2) is 6.07 Å². The van der Waals surface area contributed by atoms with Crippen LogP contribution in [0.4, 0.5) is 8.78 Å². The Morgan fingerprint density at radius 2 is 2.18 bits per heavy atom. The minimum absolute atomic E-state index is 0.00333. The van der Waals surface area contributed by atoms with Gasteiger partial charge in [0, 0.05) is 3.57 Å². The number of halogens is 4. The summed E-state index contributed by atoms with van der Waals surface area (Å²) in [5.41, 5.74) is 0.362. The first kappa shape index (κ1) is 15.0. The molecule has 0 radical (unpaired) electrons. The van der Waals surface area contributed by atoms with Gasteiger partial charge in [0.25, 0.3) is 6.43 Å². The molecule has 0 aliphatic heterocycles. The number of alkyl halides is 2. The summed E-state index contributed by atoms with van der Waals surface area (Å²) < 4.78 is 30.7. The molecule has 0 aliphatic rings. The number of esters is 1. The van der Waals surface area contributed by atoms with E-state index in [1.165, 1.54) is 6.07 Å². The van der Waals surface area contributed by atoms with Crippen LogP contribution in [-0.2, 0) is 16.0 Å². The summed E-state index contributed by atoms with van der Waals surface area (Å²) in [6, 6.07) is 1.49. The van der Waals surface area contributed by atoms with Gasteiger partial charge >= 0.3 is 5.97 Å². The Morgan fingerprint density at radius 3 is 2.65 bits per heavy atom. The molecule has 0 saturated carbocycles. The molecule has 0 fully saturated rings. The predicted molar refractivity (Wildman–Crippen MR) is 75.0 cm³/mol. The first-order valence-corrected chi connectivity index (χ1v) is 6.90. The molecule has 0 N–H and O–H groups in total. The van der Waals surface area contributed by atoms with Crippen LogP contribution in [0.25, 0.3) is 0 Å². The Labute approximate surface area is 125 Å². The number of nitrogens with zero attached hydrogens (tertiary/aromatic N) is 1. The van der Waals surface area contributed by atoms with E-state index in [0.717, 1.165) is 0 Å². The fourth-order valence-corrected chi connectivity index (χ4v) is 3.39. The van der Waals surface area contributed by atoms with Gasteiger partial charge in [-0.15, -0.1) is 0 Å². The van der Waals surface area contributed by atoms with Crippen molar-refractivity contribution in [3.05, 3.63) is 24.6 Å². The van der Waals surface area contributed by atoms with Crippen molar-refractivity contribution in [3.63, 3.8) is 0 Å². The van der Waals surface area contributed by atoms with Gasteiger partial charge in [-0.25, -0.2) is 13.8 Å². The molecule has 1 aromatic rings. The number of carbonyl (C=O) groups is 1. The van der Waals surface area contributed by atoms with Gasteiger partial charge in [0.15, 0.2) is 0 Å². The van der Waals surface area contributed by atoms with Crippen LogP contribution < -0.4 is 0 Å². The summed E-state index contributed by atoms with van der Waals surface area (Å²) in [4.78, 5) is 15.2. The van der Waals surface area contributed by atoms with E-state index in [4.69, 9.17) is 4.74 Å². The molecule has 1 rings (SSSR count). The summed E-state index contributed by atoms with van der Waals surface area (Å²) in [5, 5.41) is 0. The Hall–Kier alpha value is -0.0600.